The fourth-order valence-corrected chi connectivity index (χ4v) is 3.24. The molecule has 0 atom stereocenters. The summed E-state index contributed by atoms with van der Waals surface area (Å²) in [6.45, 7) is 0. The minimum atomic E-state index is -0.447. The Labute approximate surface area is 146 Å². The fraction of sp³-hybridized carbons (Fsp3) is 0.421. The van der Waals surface area contributed by atoms with Crippen LogP contribution in [0.3, 0.4) is 0 Å². The Morgan fingerprint density at radius 3 is 2.72 bits per heavy atom. The van der Waals surface area contributed by atoms with Gasteiger partial charge in [-0.3, -0.25) is 14.6 Å². The minimum absolute atomic E-state index is 0.0974. The molecule has 0 unspecified atom stereocenters. The van der Waals surface area contributed by atoms with Gasteiger partial charge in [0.25, 0.3) is 0 Å². The third-order valence-corrected chi connectivity index (χ3v) is 4.57. The molecule has 1 aromatic heterocycles. The first-order chi connectivity index (χ1) is 12.1. The van der Waals surface area contributed by atoms with E-state index in [4.69, 9.17) is 10.5 Å². The molecule has 1 aliphatic rings. The van der Waals surface area contributed by atoms with Gasteiger partial charge in [-0.25, -0.2) is 0 Å². The number of amides is 2. The summed E-state index contributed by atoms with van der Waals surface area (Å²) in [5, 5.41) is 5.11. The molecule has 0 radical (unpaired) electrons. The number of nitrogens with zero attached hydrogens (tertiary/aromatic N) is 1. The molecule has 1 saturated carbocycles. The monoisotopic (exact) mass is 341 g/mol. The van der Waals surface area contributed by atoms with Crippen LogP contribution < -0.4 is 15.8 Å². The number of nitrogens with one attached hydrogen (secondary N) is 1. The molecule has 1 aromatic carbocycles. The van der Waals surface area contributed by atoms with E-state index < -0.39 is 5.91 Å². The van der Waals surface area contributed by atoms with Crippen LogP contribution in [0.25, 0.3) is 10.8 Å². The first kappa shape index (κ1) is 17.2. The smallest absolute Gasteiger partial charge is 0.220 e. The van der Waals surface area contributed by atoms with Crippen LogP contribution in [-0.4, -0.2) is 28.9 Å². The Kier molecular flexibility index (Phi) is 5.48. The van der Waals surface area contributed by atoms with Crippen LogP contribution in [0.5, 0.6) is 5.75 Å². The van der Waals surface area contributed by atoms with Crippen molar-refractivity contribution < 1.29 is 14.3 Å². The number of primary amides is 1. The molecule has 0 aliphatic heterocycles. The van der Waals surface area contributed by atoms with Gasteiger partial charge in [-0.05, 0) is 37.8 Å². The SMILES string of the molecule is NC(=O)CCC(=O)NC1CCC(Oc2cccc3cnccc23)CC1. The normalized spacial score (nSPS) is 20.2. The number of benzene rings is 1. The van der Waals surface area contributed by atoms with E-state index in [0.717, 1.165) is 42.2 Å². The van der Waals surface area contributed by atoms with Crippen LogP contribution in [0.2, 0.25) is 0 Å². The third-order valence-electron chi connectivity index (χ3n) is 4.57. The predicted octanol–water partition coefficient (Wildman–Crippen LogP) is 2.31. The molecule has 2 aromatic rings. The number of hydrogen-bond donors (Lipinski definition) is 2. The van der Waals surface area contributed by atoms with E-state index in [2.05, 4.69) is 10.3 Å². The zero-order valence-electron chi connectivity index (χ0n) is 14.1. The van der Waals surface area contributed by atoms with Crippen molar-refractivity contribution in [2.24, 2.45) is 5.73 Å². The maximum absolute atomic E-state index is 11.8. The van der Waals surface area contributed by atoms with E-state index in [1.165, 1.54) is 0 Å². The van der Waals surface area contributed by atoms with Crippen molar-refractivity contribution in [1.82, 2.24) is 10.3 Å². The maximum Gasteiger partial charge on any atom is 0.220 e. The van der Waals surface area contributed by atoms with Crippen molar-refractivity contribution in [3.63, 3.8) is 0 Å². The van der Waals surface area contributed by atoms with Crippen LogP contribution in [-0.2, 0) is 9.59 Å². The fourth-order valence-electron chi connectivity index (χ4n) is 3.24. The highest BCUT2D eigenvalue weighted by Gasteiger charge is 2.24. The Morgan fingerprint density at radius 2 is 1.96 bits per heavy atom. The molecule has 1 fully saturated rings. The van der Waals surface area contributed by atoms with Gasteiger partial charge in [0.15, 0.2) is 0 Å². The Balaban J connectivity index is 1.51. The number of hydrogen-bond acceptors (Lipinski definition) is 4. The summed E-state index contributed by atoms with van der Waals surface area (Å²) < 4.78 is 6.20. The van der Waals surface area contributed by atoms with E-state index in [0.29, 0.717) is 0 Å². The lowest BCUT2D eigenvalue weighted by atomic mass is 9.92. The first-order valence-electron chi connectivity index (χ1n) is 8.69. The highest BCUT2D eigenvalue weighted by atomic mass is 16.5. The van der Waals surface area contributed by atoms with Gasteiger partial charge in [-0.2, -0.15) is 0 Å². The van der Waals surface area contributed by atoms with Gasteiger partial charge in [0.05, 0.1) is 6.10 Å². The molecule has 6 nitrogen and oxygen atoms in total. The van der Waals surface area contributed by atoms with Crippen LogP contribution in [0.15, 0.2) is 36.7 Å². The summed E-state index contributed by atoms with van der Waals surface area (Å²) in [5.41, 5.74) is 5.07. The van der Waals surface area contributed by atoms with Gasteiger partial charge in [0, 0.05) is 42.0 Å². The van der Waals surface area contributed by atoms with Gasteiger partial charge in [-0.1, -0.05) is 12.1 Å². The van der Waals surface area contributed by atoms with Crippen molar-refractivity contribution >= 4 is 22.6 Å². The van der Waals surface area contributed by atoms with Gasteiger partial charge >= 0.3 is 0 Å². The highest BCUT2D eigenvalue weighted by Crippen LogP contribution is 2.29. The molecular weight excluding hydrogens is 318 g/mol. The third kappa shape index (κ3) is 4.68. The lowest BCUT2D eigenvalue weighted by Gasteiger charge is -2.29. The lowest BCUT2D eigenvalue weighted by Crippen LogP contribution is -2.39. The lowest BCUT2D eigenvalue weighted by molar-refractivity contribution is -0.125. The maximum atomic E-state index is 11.8. The highest BCUT2D eigenvalue weighted by molar-refractivity contribution is 5.87. The largest absolute Gasteiger partial charge is 0.490 e. The number of pyridine rings is 1. The zero-order valence-corrected chi connectivity index (χ0v) is 14.1. The molecule has 3 N–H and O–H groups in total. The number of carbonyl (C=O) groups excluding carboxylic acids is 2. The quantitative estimate of drug-likeness (QED) is 0.843. The average molecular weight is 341 g/mol. The molecule has 1 aliphatic carbocycles. The second-order valence-electron chi connectivity index (χ2n) is 6.48. The number of rotatable bonds is 6. The summed E-state index contributed by atoms with van der Waals surface area (Å²) in [6, 6.07) is 8.10. The molecule has 6 heteroatoms. The summed E-state index contributed by atoms with van der Waals surface area (Å²) in [4.78, 5) is 26.6. The van der Waals surface area contributed by atoms with Crippen molar-refractivity contribution in [2.75, 3.05) is 0 Å². The van der Waals surface area contributed by atoms with Gasteiger partial charge in [-0.15, -0.1) is 0 Å². The molecule has 0 spiro atoms. The van der Waals surface area contributed by atoms with Crippen LogP contribution >= 0.6 is 0 Å². The van der Waals surface area contributed by atoms with E-state index in [1.807, 2.05) is 30.5 Å². The van der Waals surface area contributed by atoms with Gasteiger partial charge in [0.2, 0.25) is 11.8 Å². The molecule has 3 rings (SSSR count). The van der Waals surface area contributed by atoms with Crippen LogP contribution in [0, 0.1) is 0 Å². The van der Waals surface area contributed by atoms with Crippen molar-refractivity contribution in [1.29, 1.82) is 0 Å². The van der Waals surface area contributed by atoms with Crippen molar-refractivity contribution in [3.05, 3.63) is 36.7 Å². The van der Waals surface area contributed by atoms with E-state index in [9.17, 15) is 9.59 Å². The van der Waals surface area contributed by atoms with Gasteiger partial charge in [0.1, 0.15) is 5.75 Å². The number of nitrogens with two attached hydrogens (primary N) is 1. The molecule has 25 heavy (non-hydrogen) atoms. The second-order valence-corrected chi connectivity index (χ2v) is 6.48. The van der Waals surface area contributed by atoms with E-state index >= 15 is 0 Å². The topological polar surface area (TPSA) is 94.3 Å². The second kappa shape index (κ2) is 7.96. The van der Waals surface area contributed by atoms with Crippen molar-refractivity contribution in [3.8, 4) is 5.75 Å². The average Bonchev–Trinajstić information content (AvgIpc) is 2.62. The number of fused-ring (bicyclic) bond motifs is 1. The summed E-state index contributed by atoms with van der Waals surface area (Å²) in [6.07, 6.45) is 7.55. The zero-order chi connectivity index (χ0) is 17.6. The molecule has 0 saturated heterocycles. The standard InChI is InChI=1S/C19H23N3O3/c20-18(23)8-9-19(24)22-14-4-6-15(7-5-14)25-17-3-1-2-13-12-21-11-10-16(13)17/h1-3,10-12,14-15H,4-9H2,(H2,20,23)(H,22,24). The number of ether oxygens (including phenoxy) is 1. The number of aromatic nitrogens is 1. The van der Waals surface area contributed by atoms with Crippen molar-refractivity contribution in [2.45, 2.75) is 50.7 Å². The summed E-state index contributed by atoms with van der Waals surface area (Å²) >= 11 is 0. The summed E-state index contributed by atoms with van der Waals surface area (Å²) in [5.74, 6) is 0.330. The van der Waals surface area contributed by atoms with E-state index in [1.54, 1.807) is 6.20 Å². The predicted molar refractivity (Wildman–Crippen MR) is 95.0 cm³/mol. The van der Waals surface area contributed by atoms with Crippen LogP contribution in [0.4, 0.5) is 0 Å². The molecule has 0 bridgehead atoms. The Hall–Kier alpha value is -2.63. The first-order valence-corrected chi connectivity index (χ1v) is 8.69. The molecule has 1 heterocycles. The van der Waals surface area contributed by atoms with Gasteiger partial charge < -0.3 is 15.8 Å². The molecular formula is C19H23N3O3. The number of carbonyl (C=O) groups is 2. The molecule has 132 valence electrons. The molecule has 2 amide bonds. The Bertz CT molecular complexity index is 749. The Morgan fingerprint density at radius 1 is 1.16 bits per heavy atom. The van der Waals surface area contributed by atoms with Crippen LogP contribution in [0.1, 0.15) is 38.5 Å². The summed E-state index contributed by atoms with van der Waals surface area (Å²) in [7, 11) is 0. The minimum Gasteiger partial charge on any atom is -0.490 e. The van der Waals surface area contributed by atoms with E-state index in [-0.39, 0.29) is 30.9 Å².